The zero-order valence-electron chi connectivity index (χ0n) is 12.9. The molecule has 0 fully saturated rings. The first-order valence-corrected chi connectivity index (χ1v) is 7.22. The summed E-state index contributed by atoms with van der Waals surface area (Å²) >= 11 is 6.21. The number of benzene rings is 1. The molecule has 0 radical (unpaired) electrons. The predicted octanol–water partition coefficient (Wildman–Crippen LogP) is 4.16. The second-order valence-corrected chi connectivity index (χ2v) is 5.11. The fraction of sp³-hybridized carbons (Fsp3) is 0.467. The molecule has 5 heteroatoms. The summed E-state index contributed by atoms with van der Waals surface area (Å²) in [4.78, 5) is 11.8. The van der Waals surface area contributed by atoms with Crippen LogP contribution < -0.4 is 5.32 Å². The molecule has 1 N–H and O–H groups in total. The number of aryl methyl sites for hydroxylation is 2. The highest BCUT2D eigenvalue weighted by Gasteiger charge is 2.17. The lowest BCUT2D eigenvalue weighted by Gasteiger charge is -2.05. The molecule has 0 saturated heterocycles. The van der Waals surface area contributed by atoms with Crippen LogP contribution in [0, 0.1) is 12.8 Å². The quantitative estimate of drug-likeness (QED) is 0.904. The molecule has 1 amide bonds. The number of amides is 1. The summed E-state index contributed by atoms with van der Waals surface area (Å²) in [6.45, 7) is 9.68. The molecule has 0 aliphatic rings. The number of halogens is 1. The van der Waals surface area contributed by atoms with Crippen LogP contribution in [0.15, 0.2) is 12.1 Å². The van der Waals surface area contributed by atoms with Gasteiger partial charge in [0.1, 0.15) is 0 Å². The van der Waals surface area contributed by atoms with Crippen LogP contribution in [0.1, 0.15) is 33.3 Å². The molecule has 2 aromatic rings. The van der Waals surface area contributed by atoms with Crippen molar-refractivity contribution in [3.05, 3.63) is 22.7 Å². The standard InChI is InChI=1S/C13H16ClN3O.C2H6/c1-7(2)13(18)15-12-10-9(14)6-5-8(3)11(10)17(4)16-12;1-2/h5-7H,1-4H3,(H,15,16,18);1-2H3. The van der Waals surface area contributed by atoms with Crippen molar-refractivity contribution in [3.63, 3.8) is 0 Å². The fourth-order valence-electron chi connectivity index (χ4n) is 1.91. The summed E-state index contributed by atoms with van der Waals surface area (Å²) < 4.78 is 1.74. The van der Waals surface area contributed by atoms with Crippen molar-refractivity contribution in [2.24, 2.45) is 13.0 Å². The third kappa shape index (κ3) is 3.12. The van der Waals surface area contributed by atoms with E-state index in [4.69, 9.17) is 11.6 Å². The molecule has 1 heterocycles. The van der Waals surface area contributed by atoms with E-state index in [1.165, 1.54) is 0 Å². The third-order valence-corrected chi connectivity index (χ3v) is 3.22. The van der Waals surface area contributed by atoms with Gasteiger partial charge in [-0.05, 0) is 18.6 Å². The Morgan fingerprint density at radius 3 is 2.50 bits per heavy atom. The van der Waals surface area contributed by atoms with Gasteiger partial charge in [-0.25, -0.2) is 0 Å². The van der Waals surface area contributed by atoms with Crippen LogP contribution in [0.3, 0.4) is 0 Å². The third-order valence-electron chi connectivity index (χ3n) is 2.91. The number of hydrogen-bond acceptors (Lipinski definition) is 2. The molecule has 1 aromatic carbocycles. The van der Waals surface area contributed by atoms with Crippen LogP contribution in [-0.4, -0.2) is 15.7 Å². The van der Waals surface area contributed by atoms with Crippen molar-refractivity contribution < 1.29 is 4.79 Å². The van der Waals surface area contributed by atoms with Crippen LogP contribution >= 0.6 is 11.6 Å². The molecule has 0 aliphatic heterocycles. The molecule has 4 nitrogen and oxygen atoms in total. The normalized spacial score (nSPS) is 10.4. The van der Waals surface area contributed by atoms with Gasteiger partial charge in [0.15, 0.2) is 5.82 Å². The lowest BCUT2D eigenvalue weighted by atomic mass is 10.1. The zero-order chi connectivity index (χ0) is 15.4. The number of anilines is 1. The number of nitrogens with one attached hydrogen (secondary N) is 1. The number of hydrogen-bond donors (Lipinski definition) is 1. The number of fused-ring (bicyclic) bond motifs is 1. The van der Waals surface area contributed by atoms with Gasteiger partial charge in [-0.1, -0.05) is 45.4 Å². The molecule has 0 bridgehead atoms. The molecule has 1 aromatic heterocycles. The van der Waals surface area contributed by atoms with Crippen molar-refractivity contribution >= 4 is 34.2 Å². The van der Waals surface area contributed by atoms with E-state index in [0.29, 0.717) is 10.8 Å². The number of rotatable bonds is 2. The fourth-order valence-corrected chi connectivity index (χ4v) is 2.15. The first-order chi connectivity index (χ1) is 9.41. The smallest absolute Gasteiger partial charge is 0.228 e. The van der Waals surface area contributed by atoms with Gasteiger partial charge >= 0.3 is 0 Å². The minimum Gasteiger partial charge on any atom is -0.308 e. The number of aromatic nitrogens is 2. The Morgan fingerprint density at radius 2 is 1.95 bits per heavy atom. The highest BCUT2D eigenvalue weighted by Crippen LogP contribution is 2.32. The lowest BCUT2D eigenvalue weighted by molar-refractivity contribution is -0.118. The van der Waals surface area contributed by atoms with Gasteiger partial charge in [0, 0.05) is 13.0 Å². The van der Waals surface area contributed by atoms with E-state index >= 15 is 0 Å². The average Bonchev–Trinajstić information content (AvgIpc) is 2.74. The highest BCUT2D eigenvalue weighted by molar-refractivity contribution is 6.36. The second kappa shape index (κ2) is 6.75. The first kappa shape index (κ1) is 16.5. The Bertz CT molecular complexity index is 617. The molecular weight excluding hydrogens is 274 g/mol. The minimum absolute atomic E-state index is 0.0624. The van der Waals surface area contributed by atoms with Gasteiger partial charge in [0.05, 0.1) is 15.9 Å². The van der Waals surface area contributed by atoms with E-state index in [1.54, 1.807) is 4.68 Å². The molecule has 0 saturated carbocycles. The summed E-state index contributed by atoms with van der Waals surface area (Å²) in [6, 6.07) is 3.77. The van der Waals surface area contributed by atoms with Crippen molar-refractivity contribution in [2.75, 3.05) is 5.32 Å². The van der Waals surface area contributed by atoms with Crippen molar-refractivity contribution in [3.8, 4) is 0 Å². The van der Waals surface area contributed by atoms with Gasteiger partial charge in [0.2, 0.25) is 5.91 Å². The minimum atomic E-state index is -0.0920. The second-order valence-electron chi connectivity index (χ2n) is 4.70. The van der Waals surface area contributed by atoms with Crippen LogP contribution in [-0.2, 0) is 11.8 Å². The Labute approximate surface area is 125 Å². The maximum absolute atomic E-state index is 11.8. The summed E-state index contributed by atoms with van der Waals surface area (Å²) in [6.07, 6.45) is 0. The van der Waals surface area contributed by atoms with E-state index in [-0.39, 0.29) is 11.8 Å². The van der Waals surface area contributed by atoms with Crippen LogP contribution in [0.25, 0.3) is 10.9 Å². The Balaban J connectivity index is 0.000000956. The number of carbonyl (C=O) groups is 1. The van der Waals surface area contributed by atoms with Crippen molar-refractivity contribution in [2.45, 2.75) is 34.6 Å². The van der Waals surface area contributed by atoms with Crippen LogP contribution in [0.5, 0.6) is 0 Å². The van der Waals surface area contributed by atoms with E-state index in [9.17, 15) is 4.79 Å². The Morgan fingerprint density at radius 1 is 1.35 bits per heavy atom. The summed E-state index contributed by atoms with van der Waals surface area (Å²) in [7, 11) is 1.84. The van der Waals surface area contributed by atoms with Gasteiger partial charge in [-0.15, -0.1) is 0 Å². The number of carbonyl (C=O) groups excluding carboxylic acids is 1. The maximum Gasteiger partial charge on any atom is 0.228 e. The molecule has 20 heavy (non-hydrogen) atoms. The van der Waals surface area contributed by atoms with Crippen molar-refractivity contribution in [1.82, 2.24) is 9.78 Å². The highest BCUT2D eigenvalue weighted by atomic mass is 35.5. The predicted molar refractivity (Wildman–Crippen MR) is 85.3 cm³/mol. The molecule has 0 spiro atoms. The van der Waals surface area contributed by atoms with E-state index in [1.807, 2.05) is 53.8 Å². The van der Waals surface area contributed by atoms with Gasteiger partial charge in [-0.2, -0.15) is 5.10 Å². The maximum atomic E-state index is 11.8. The van der Waals surface area contributed by atoms with E-state index < -0.39 is 0 Å². The first-order valence-electron chi connectivity index (χ1n) is 6.84. The van der Waals surface area contributed by atoms with E-state index in [2.05, 4.69) is 10.4 Å². The largest absolute Gasteiger partial charge is 0.308 e. The summed E-state index contributed by atoms with van der Waals surface area (Å²) in [5.41, 5.74) is 2.02. The monoisotopic (exact) mass is 295 g/mol. The van der Waals surface area contributed by atoms with Gasteiger partial charge in [-0.3, -0.25) is 9.48 Å². The zero-order valence-corrected chi connectivity index (χ0v) is 13.7. The molecule has 0 atom stereocenters. The SMILES string of the molecule is CC.Cc1ccc(Cl)c2c(NC(=O)C(C)C)nn(C)c12. The molecule has 110 valence electrons. The summed E-state index contributed by atoms with van der Waals surface area (Å²) in [5.74, 6) is 0.373. The van der Waals surface area contributed by atoms with E-state index in [0.717, 1.165) is 16.5 Å². The topological polar surface area (TPSA) is 46.9 Å². The van der Waals surface area contributed by atoms with Crippen molar-refractivity contribution in [1.29, 1.82) is 0 Å². The average molecular weight is 296 g/mol. The Hall–Kier alpha value is -1.55. The number of nitrogens with zero attached hydrogens (tertiary/aromatic N) is 2. The Kier molecular flexibility index (Phi) is 5.57. The van der Waals surface area contributed by atoms with Crippen LogP contribution in [0.4, 0.5) is 5.82 Å². The van der Waals surface area contributed by atoms with Crippen LogP contribution in [0.2, 0.25) is 5.02 Å². The summed E-state index contributed by atoms with van der Waals surface area (Å²) in [5, 5.41) is 8.55. The molecular formula is C15H22ClN3O. The molecule has 2 rings (SSSR count). The van der Waals surface area contributed by atoms with Gasteiger partial charge < -0.3 is 5.32 Å². The lowest BCUT2D eigenvalue weighted by Crippen LogP contribution is -2.18. The van der Waals surface area contributed by atoms with Gasteiger partial charge in [0.25, 0.3) is 0 Å². The molecule has 0 aliphatic carbocycles. The molecule has 0 unspecified atom stereocenters.